The lowest BCUT2D eigenvalue weighted by Gasteiger charge is -2.25. The number of esters is 1. The van der Waals surface area contributed by atoms with Crippen LogP contribution in [0.25, 0.3) is 0 Å². The molecule has 0 spiro atoms. The van der Waals surface area contributed by atoms with Gasteiger partial charge < -0.3 is 23.4 Å². The number of hydrogen-bond donors (Lipinski definition) is 1. The Morgan fingerprint density at radius 2 is 1.28 bits per heavy atom. The SMILES string of the molecule is CCCCCCCCCCCCCCCCOCC(COP(=O)(O)CC[N+](C)(C)C)OC(=O)CCC. The highest BCUT2D eigenvalue weighted by Gasteiger charge is 2.26. The van der Waals surface area contributed by atoms with Crippen LogP contribution in [0.3, 0.4) is 0 Å². The van der Waals surface area contributed by atoms with Gasteiger partial charge in [0, 0.05) is 13.0 Å². The molecule has 0 aromatic heterocycles. The van der Waals surface area contributed by atoms with Crippen molar-refractivity contribution in [2.24, 2.45) is 0 Å². The normalized spacial score (nSPS) is 14.5. The Morgan fingerprint density at radius 3 is 1.75 bits per heavy atom. The molecule has 2 atom stereocenters. The fourth-order valence-electron chi connectivity index (χ4n) is 3.87. The number of quaternary nitrogens is 1. The molecule has 2 unspecified atom stereocenters. The minimum absolute atomic E-state index is 0.0615. The van der Waals surface area contributed by atoms with Gasteiger partial charge >= 0.3 is 13.6 Å². The van der Waals surface area contributed by atoms with E-state index >= 15 is 0 Å². The van der Waals surface area contributed by atoms with Gasteiger partial charge in [0.2, 0.25) is 0 Å². The molecule has 1 N–H and O–H groups in total. The number of unbranched alkanes of at least 4 members (excludes halogenated alkanes) is 13. The predicted molar refractivity (Wildman–Crippen MR) is 149 cm³/mol. The standard InChI is InChI=1S/C28H58NO6P/c1-6-8-9-10-11-12-13-14-15-16-17-18-19-20-23-33-25-27(35-28(30)21-7-2)26-34-36(31,32)24-22-29(3,4)5/h27H,6-26H2,1-5H3/p+1. The molecular formula is C28H59NO6P+. The molecule has 0 fully saturated rings. The summed E-state index contributed by atoms with van der Waals surface area (Å²) in [6.45, 7) is 5.34. The molecule has 0 saturated carbocycles. The third kappa shape index (κ3) is 25.2. The summed E-state index contributed by atoms with van der Waals surface area (Å²) >= 11 is 0. The minimum Gasteiger partial charge on any atom is -0.457 e. The molecule has 0 rings (SSSR count). The summed E-state index contributed by atoms with van der Waals surface area (Å²) in [5.41, 5.74) is 0. The summed E-state index contributed by atoms with van der Waals surface area (Å²) in [4.78, 5) is 22.1. The molecule has 0 heterocycles. The molecule has 0 amide bonds. The molecule has 0 bridgehead atoms. The van der Waals surface area contributed by atoms with Crippen LogP contribution in [0.5, 0.6) is 0 Å². The predicted octanol–water partition coefficient (Wildman–Crippen LogP) is 7.10. The van der Waals surface area contributed by atoms with Gasteiger partial charge in [0.05, 0.1) is 47.1 Å². The second-order valence-electron chi connectivity index (χ2n) is 11.2. The van der Waals surface area contributed by atoms with E-state index in [9.17, 15) is 14.3 Å². The van der Waals surface area contributed by atoms with Crippen molar-refractivity contribution in [1.82, 2.24) is 0 Å². The van der Waals surface area contributed by atoms with Crippen molar-refractivity contribution in [3.63, 3.8) is 0 Å². The van der Waals surface area contributed by atoms with Gasteiger partial charge in [0.1, 0.15) is 6.10 Å². The van der Waals surface area contributed by atoms with Gasteiger partial charge in [-0.15, -0.1) is 0 Å². The zero-order valence-electron chi connectivity index (χ0n) is 24.3. The van der Waals surface area contributed by atoms with Crippen molar-refractivity contribution in [3.8, 4) is 0 Å². The largest absolute Gasteiger partial charge is 0.457 e. The average Bonchev–Trinajstić information content (AvgIpc) is 2.80. The number of carbonyl (C=O) groups is 1. The molecule has 0 aromatic rings. The van der Waals surface area contributed by atoms with E-state index in [2.05, 4.69) is 6.92 Å². The molecule has 0 aliphatic carbocycles. The first-order valence-electron chi connectivity index (χ1n) is 14.6. The Labute approximate surface area is 222 Å². The van der Waals surface area contributed by atoms with E-state index in [0.717, 1.165) is 12.8 Å². The molecule has 36 heavy (non-hydrogen) atoms. The minimum atomic E-state index is -3.74. The van der Waals surface area contributed by atoms with Crippen LogP contribution >= 0.6 is 7.60 Å². The lowest BCUT2D eigenvalue weighted by atomic mass is 10.0. The van der Waals surface area contributed by atoms with Crippen LogP contribution in [0.1, 0.15) is 117 Å². The first kappa shape index (κ1) is 35.5. The second kappa shape index (κ2) is 22.5. The number of rotatable bonds is 26. The summed E-state index contributed by atoms with van der Waals surface area (Å²) in [7, 11) is 2.14. The molecule has 0 saturated heterocycles. The van der Waals surface area contributed by atoms with Gasteiger partial charge in [0.25, 0.3) is 0 Å². The van der Waals surface area contributed by atoms with Crippen molar-refractivity contribution in [2.45, 2.75) is 123 Å². The van der Waals surface area contributed by atoms with Crippen LogP contribution in [0.2, 0.25) is 0 Å². The van der Waals surface area contributed by atoms with Crippen molar-refractivity contribution < 1.29 is 32.7 Å². The molecule has 0 aliphatic heterocycles. The van der Waals surface area contributed by atoms with Crippen LogP contribution in [-0.4, -0.2) is 75.1 Å². The number of nitrogens with zero attached hydrogens (tertiary/aromatic N) is 1. The van der Waals surface area contributed by atoms with E-state index in [-0.39, 0.29) is 25.3 Å². The van der Waals surface area contributed by atoms with E-state index in [4.69, 9.17) is 14.0 Å². The fraction of sp³-hybridized carbons (Fsp3) is 0.964. The first-order valence-corrected chi connectivity index (χ1v) is 16.4. The fourth-order valence-corrected chi connectivity index (χ4v) is 5.25. The van der Waals surface area contributed by atoms with Gasteiger partial charge in [-0.2, -0.15) is 0 Å². The third-order valence-corrected chi connectivity index (χ3v) is 7.53. The maximum Gasteiger partial charge on any atom is 0.333 e. The Balaban J connectivity index is 3.94. The number of ether oxygens (including phenoxy) is 2. The van der Waals surface area contributed by atoms with Crippen molar-refractivity contribution >= 4 is 13.6 Å². The Kier molecular flexibility index (Phi) is 22.2. The summed E-state index contributed by atoms with van der Waals surface area (Å²) in [6, 6.07) is 0. The van der Waals surface area contributed by atoms with Crippen molar-refractivity contribution in [2.75, 3.05) is 53.7 Å². The number of hydrogen-bond acceptors (Lipinski definition) is 5. The second-order valence-corrected chi connectivity index (χ2v) is 13.2. The Morgan fingerprint density at radius 1 is 0.778 bits per heavy atom. The average molecular weight is 537 g/mol. The highest BCUT2D eigenvalue weighted by molar-refractivity contribution is 7.52. The zero-order valence-corrected chi connectivity index (χ0v) is 25.2. The lowest BCUT2D eigenvalue weighted by molar-refractivity contribution is -0.867. The van der Waals surface area contributed by atoms with Gasteiger partial charge in [-0.05, 0) is 12.8 Å². The monoisotopic (exact) mass is 536 g/mol. The molecule has 216 valence electrons. The summed E-state index contributed by atoms with van der Waals surface area (Å²) in [6.07, 6.45) is 18.7. The Hall–Kier alpha value is -0.460. The van der Waals surface area contributed by atoms with Crippen LogP contribution in [-0.2, 0) is 23.4 Å². The van der Waals surface area contributed by atoms with Crippen LogP contribution in [0, 0.1) is 0 Å². The van der Waals surface area contributed by atoms with Crippen LogP contribution < -0.4 is 0 Å². The first-order chi connectivity index (χ1) is 17.1. The van der Waals surface area contributed by atoms with Gasteiger partial charge in [-0.3, -0.25) is 9.36 Å². The van der Waals surface area contributed by atoms with Crippen LogP contribution in [0.4, 0.5) is 0 Å². The molecule has 0 radical (unpaired) electrons. The van der Waals surface area contributed by atoms with Gasteiger partial charge in [0.15, 0.2) is 0 Å². The number of carbonyl (C=O) groups excluding carboxylic acids is 1. The van der Waals surface area contributed by atoms with E-state index in [0.29, 0.717) is 30.5 Å². The third-order valence-electron chi connectivity index (χ3n) is 6.21. The molecule has 0 aromatic carbocycles. The summed E-state index contributed by atoms with van der Waals surface area (Å²) < 4.78 is 29.4. The van der Waals surface area contributed by atoms with Crippen LogP contribution in [0.15, 0.2) is 0 Å². The molecule has 8 heteroatoms. The van der Waals surface area contributed by atoms with E-state index in [1.165, 1.54) is 77.0 Å². The molecule has 7 nitrogen and oxygen atoms in total. The van der Waals surface area contributed by atoms with Gasteiger partial charge in [-0.25, -0.2) is 0 Å². The van der Waals surface area contributed by atoms with E-state index < -0.39 is 13.7 Å². The van der Waals surface area contributed by atoms with Crippen molar-refractivity contribution in [3.05, 3.63) is 0 Å². The summed E-state index contributed by atoms with van der Waals surface area (Å²) in [5, 5.41) is 0. The maximum atomic E-state index is 12.3. The van der Waals surface area contributed by atoms with E-state index in [1.54, 1.807) is 0 Å². The maximum absolute atomic E-state index is 12.3. The van der Waals surface area contributed by atoms with Gasteiger partial charge in [-0.1, -0.05) is 97.3 Å². The lowest BCUT2D eigenvalue weighted by Crippen LogP contribution is -2.37. The topological polar surface area (TPSA) is 82.1 Å². The molecular weight excluding hydrogens is 477 g/mol. The molecule has 0 aliphatic rings. The summed E-state index contributed by atoms with van der Waals surface area (Å²) in [5.74, 6) is -0.328. The quantitative estimate of drug-likeness (QED) is 0.0549. The highest BCUT2D eigenvalue weighted by Crippen LogP contribution is 2.41. The Bertz CT molecular complexity index is 567. The zero-order chi connectivity index (χ0) is 27.1. The van der Waals surface area contributed by atoms with Crippen molar-refractivity contribution in [1.29, 1.82) is 0 Å². The highest BCUT2D eigenvalue weighted by atomic mass is 31.2. The smallest absolute Gasteiger partial charge is 0.333 e. The van der Waals surface area contributed by atoms with E-state index in [1.807, 2.05) is 28.1 Å².